The van der Waals surface area contributed by atoms with Gasteiger partial charge in [0.2, 0.25) is 5.82 Å². The lowest BCUT2D eigenvalue weighted by Crippen LogP contribution is -2.19. The van der Waals surface area contributed by atoms with Crippen molar-refractivity contribution >= 4 is 6.21 Å². The Kier molecular flexibility index (Phi) is 1.64. The fraction of sp³-hybridized carbons (Fsp3) is 0.429. The molecule has 0 fully saturated rings. The van der Waals surface area contributed by atoms with Crippen molar-refractivity contribution in [3.8, 4) is 0 Å². The van der Waals surface area contributed by atoms with Crippen LogP contribution in [-0.4, -0.2) is 22.3 Å². The van der Waals surface area contributed by atoms with Crippen LogP contribution in [-0.2, 0) is 12.7 Å². The molecule has 1 aromatic heterocycles. The van der Waals surface area contributed by atoms with Gasteiger partial charge in [-0.2, -0.15) is 13.2 Å². The summed E-state index contributed by atoms with van der Waals surface area (Å²) in [4.78, 5) is 7.18. The van der Waals surface area contributed by atoms with Crippen LogP contribution in [0.25, 0.3) is 0 Å². The largest absolute Gasteiger partial charge is 0.449 e. The highest BCUT2D eigenvalue weighted by Gasteiger charge is 2.37. The number of alkyl halides is 3. The molecule has 0 radical (unpaired) electrons. The van der Waals surface area contributed by atoms with Gasteiger partial charge in [-0.25, -0.2) is 4.98 Å². The van der Waals surface area contributed by atoms with Gasteiger partial charge in [0.25, 0.3) is 0 Å². The second-order valence-electron chi connectivity index (χ2n) is 2.69. The summed E-state index contributed by atoms with van der Waals surface area (Å²) < 4.78 is 38.0. The number of hydrogen-bond acceptors (Lipinski definition) is 2. The zero-order valence-electron chi connectivity index (χ0n) is 6.54. The predicted molar refractivity (Wildman–Crippen MR) is 39.7 cm³/mol. The molecule has 0 saturated carbocycles. The minimum Gasteiger partial charge on any atom is -0.318 e. The van der Waals surface area contributed by atoms with Gasteiger partial charge in [0.05, 0.1) is 18.4 Å². The van der Waals surface area contributed by atoms with Crippen LogP contribution in [0.3, 0.4) is 0 Å². The van der Waals surface area contributed by atoms with E-state index in [1.165, 1.54) is 12.4 Å². The van der Waals surface area contributed by atoms with E-state index in [1.54, 1.807) is 0 Å². The van der Waals surface area contributed by atoms with Crippen molar-refractivity contribution in [3.05, 3.63) is 17.7 Å². The number of imidazole rings is 1. The molecule has 0 amide bonds. The molecule has 0 saturated heterocycles. The Balaban J connectivity index is 2.50. The molecule has 2 rings (SSSR count). The quantitative estimate of drug-likeness (QED) is 0.605. The predicted octanol–water partition coefficient (Wildman–Crippen LogP) is 1.33. The van der Waals surface area contributed by atoms with E-state index >= 15 is 0 Å². The number of hydrogen-bond donors (Lipinski definition) is 0. The summed E-state index contributed by atoms with van der Waals surface area (Å²) in [5.41, 5.74) is 0.415. The van der Waals surface area contributed by atoms with Crippen molar-refractivity contribution < 1.29 is 13.2 Å². The first kappa shape index (κ1) is 8.28. The Morgan fingerprint density at radius 1 is 1.38 bits per heavy atom. The van der Waals surface area contributed by atoms with Crippen LogP contribution in [0.1, 0.15) is 11.5 Å². The molecule has 0 N–H and O–H groups in total. The maximum atomic E-state index is 12.3. The summed E-state index contributed by atoms with van der Waals surface area (Å²) >= 11 is 0. The maximum absolute atomic E-state index is 12.3. The van der Waals surface area contributed by atoms with Crippen LogP contribution in [0.15, 0.2) is 11.2 Å². The van der Waals surface area contributed by atoms with Crippen LogP contribution in [0.5, 0.6) is 0 Å². The maximum Gasteiger partial charge on any atom is 0.449 e. The van der Waals surface area contributed by atoms with Gasteiger partial charge in [0.1, 0.15) is 0 Å². The van der Waals surface area contributed by atoms with E-state index < -0.39 is 12.0 Å². The van der Waals surface area contributed by atoms with Crippen LogP contribution >= 0.6 is 0 Å². The van der Waals surface area contributed by atoms with E-state index in [1.807, 2.05) is 0 Å². The SMILES string of the molecule is FC(F)(F)c1ncc2n1CCN=C2. The molecule has 0 spiro atoms. The highest BCUT2D eigenvalue weighted by Crippen LogP contribution is 2.28. The lowest BCUT2D eigenvalue weighted by atomic mass is 10.4. The number of nitrogens with zero attached hydrogens (tertiary/aromatic N) is 3. The molecular formula is C7H6F3N3. The minimum atomic E-state index is -4.37. The topological polar surface area (TPSA) is 30.2 Å². The number of rotatable bonds is 0. The summed E-state index contributed by atoms with van der Waals surface area (Å²) in [6, 6.07) is 0. The van der Waals surface area contributed by atoms with Gasteiger partial charge in [-0.1, -0.05) is 0 Å². The smallest absolute Gasteiger partial charge is 0.318 e. The Morgan fingerprint density at radius 3 is 2.85 bits per heavy atom. The van der Waals surface area contributed by atoms with E-state index in [0.29, 0.717) is 12.2 Å². The molecule has 0 aliphatic carbocycles. The van der Waals surface area contributed by atoms with Crippen molar-refractivity contribution in [3.63, 3.8) is 0 Å². The second-order valence-corrected chi connectivity index (χ2v) is 2.69. The molecule has 6 heteroatoms. The first-order valence-electron chi connectivity index (χ1n) is 3.71. The molecule has 1 aliphatic heterocycles. The van der Waals surface area contributed by atoms with Crippen molar-refractivity contribution in [1.29, 1.82) is 0 Å². The van der Waals surface area contributed by atoms with Gasteiger partial charge < -0.3 is 4.57 Å². The number of aliphatic imine (C=N–C) groups is 1. The normalized spacial score (nSPS) is 15.9. The third kappa shape index (κ3) is 1.32. The zero-order chi connectivity index (χ0) is 9.47. The van der Waals surface area contributed by atoms with Crippen molar-refractivity contribution in [1.82, 2.24) is 9.55 Å². The first-order valence-corrected chi connectivity index (χ1v) is 3.71. The molecule has 1 aromatic rings. The van der Waals surface area contributed by atoms with Crippen molar-refractivity contribution in [2.75, 3.05) is 6.54 Å². The monoisotopic (exact) mass is 189 g/mol. The van der Waals surface area contributed by atoms with Gasteiger partial charge >= 0.3 is 6.18 Å². The average Bonchev–Trinajstić information content (AvgIpc) is 2.45. The van der Waals surface area contributed by atoms with Crippen molar-refractivity contribution in [2.45, 2.75) is 12.7 Å². The van der Waals surface area contributed by atoms with Gasteiger partial charge in [0.15, 0.2) is 0 Å². The number of halogens is 3. The van der Waals surface area contributed by atoms with E-state index in [4.69, 9.17) is 0 Å². The molecule has 13 heavy (non-hydrogen) atoms. The fourth-order valence-corrected chi connectivity index (χ4v) is 1.27. The molecule has 1 aliphatic rings. The second kappa shape index (κ2) is 2.58. The number of aromatic nitrogens is 2. The molecule has 0 bridgehead atoms. The molecule has 70 valence electrons. The lowest BCUT2D eigenvalue weighted by Gasteiger charge is -2.13. The average molecular weight is 189 g/mol. The highest BCUT2D eigenvalue weighted by atomic mass is 19.4. The van der Waals surface area contributed by atoms with Gasteiger partial charge in [-0.05, 0) is 0 Å². The third-order valence-corrected chi connectivity index (χ3v) is 1.82. The molecular weight excluding hydrogens is 183 g/mol. The Hall–Kier alpha value is -1.33. The highest BCUT2D eigenvalue weighted by molar-refractivity contribution is 5.77. The van der Waals surface area contributed by atoms with Gasteiger partial charge in [-0.3, -0.25) is 4.99 Å². The van der Waals surface area contributed by atoms with Crippen LogP contribution in [0, 0.1) is 0 Å². The van der Waals surface area contributed by atoms with Crippen LogP contribution in [0.4, 0.5) is 13.2 Å². The van der Waals surface area contributed by atoms with Crippen LogP contribution in [0.2, 0.25) is 0 Å². The summed E-state index contributed by atoms with van der Waals surface area (Å²) in [7, 11) is 0. The molecule has 3 nitrogen and oxygen atoms in total. The molecule has 0 aromatic carbocycles. The van der Waals surface area contributed by atoms with E-state index in [0.717, 1.165) is 4.57 Å². The first-order chi connectivity index (χ1) is 6.09. The molecule has 2 heterocycles. The standard InChI is InChI=1S/C7H6F3N3/c8-7(9,10)6-12-4-5-3-11-1-2-13(5)6/h3-4H,1-2H2. The Bertz CT molecular complexity index is 350. The van der Waals surface area contributed by atoms with Crippen LogP contribution < -0.4 is 0 Å². The van der Waals surface area contributed by atoms with Gasteiger partial charge in [0, 0.05) is 12.8 Å². The zero-order valence-corrected chi connectivity index (χ0v) is 6.54. The minimum absolute atomic E-state index is 0.251. The summed E-state index contributed by atoms with van der Waals surface area (Å²) in [6.07, 6.45) is -1.78. The van der Waals surface area contributed by atoms with E-state index in [-0.39, 0.29) is 6.54 Å². The van der Waals surface area contributed by atoms with Gasteiger partial charge in [-0.15, -0.1) is 0 Å². The lowest BCUT2D eigenvalue weighted by molar-refractivity contribution is -0.147. The molecule has 0 atom stereocenters. The summed E-state index contributed by atoms with van der Waals surface area (Å²) in [5, 5.41) is 0. The van der Waals surface area contributed by atoms with E-state index in [2.05, 4.69) is 9.98 Å². The Morgan fingerprint density at radius 2 is 2.15 bits per heavy atom. The van der Waals surface area contributed by atoms with E-state index in [9.17, 15) is 13.2 Å². The fourth-order valence-electron chi connectivity index (χ4n) is 1.27. The third-order valence-electron chi connectivity index (χ3n) is 1.82. The molecule has 0 unspecified atom stereocenters. The van der Waals surface area contributed by atoms with Crippen molar-refractivity contribution in [2.24, 2.45) is 4.99 Å². The number of fused-ring (bicyclic) bond motifs is 1. The summed E-state index contributed by atoms with van der Waals surface area (Å²) in [5.74, 6) is -0.839. The summed E-state index contributed by atoms with van der Waals surface area (Å²) in [6.45, 7) is 0.632. The Labute approximate surface area is 71.9 Å².